The molecule has 2 heterocycles. The molecule has 0 spiro atoms. The van der Waals surface area contributed by atoms with Crippen LogP contribution in [0, 0.1) is 11.3 Å². The third-order valence-electron chi connectivity index (χ3n) is 6.58. The average Bonchev–Trinajstić information content (AvgIpc) is 3.45. The quantitative estimate of drug-likeness (QED) is 0.710. The van der Waals surface area contributed by atoms with Gasteiger partial charge in [0, 0.05) is 51.2 Å². The molecular weight excluding hydrogens is 374 g/mol. The van der Waals surface area contributed by atoms with Gasteiger partial charge in [0.2, 0.25) is 0 Å². The Kier molecular flexibility index (Phi) is 5.47. The van der Waals surface area contributed by atoms with E-state index in [0.717, 1.165) is 25.9 Å². The van der Waals surface area contributed by atoms with Crippen molar-refractivity contribution in [1.82, 2.24) is 19.2 Å². The molecule has 0 amide bonds. The van der Waals surface area contributed by atoms with Crippen LogP contribution in [-0.4, -0.2) is 68.5 Å². The van der Waals surface area contributed by atoms with Crippen LogP contribution in [-0.2, 0) is 10.2 Å². The molecule has 1 saturated carbocycles. The molecule has 2 atom stereocenters. The predicted molar refractivity (Wildman–Crippen MR) is 108 cm³/mol. The van der Waals surface area contributed by atoms with Crippen LogP contribution >= 0.6 is 0 Å². The highest BCUT2D eigenvalue weighted by atomic mass is 32.2. The summed E-state index contributed by atoms with van der Waals surface area (Å²) in [7, 11) is -1.98. The third kappa shape index (κ3) is 3.82. The Morgan fingerprint density at radius 1 is 1.21 bits per heavy atom. The number of piperidine rings is 1. The lowest BCUT2D eigenvalue weighted by Gasteiger charge is -2.55. The van der Waals surface area contributed by atoms with E-state index in [-0.39, 0.29) is 5.54 Å². The molecule has 2 saturated heterocycles. The SMILES string of the molecule is CNS(=O)(=O)N1CC(CC#N)(N2CCC(N[C@@H]3CC3c3ccccc3)CC2)C1. The van der Waals surface area contributed by atoms with Crippen molar-refractivity contribution >= 4 is 10.2 Å². The van der Waals surface area contributed by atoms with E-state index in [4.69, 9.17) is 0 Å². The Balaban J connectivity index is 1.28. The van der Waals surface area contributed by atoms with Gasteiger partial charge >= 0.3 is 0 Å². The summed E-state index contributed by atoms with van der Waals surface area (Å²) in [5.74, 6) is 0.635. The summed E-state index contributed by atoms with van der Waals surface area (Å²) in [6.07, 6.45) is 3.67. The Morgan fingerprint density at radius 3 is 2.50 bits per heavy atom. The minimum Gasteiger partial charge on any atom is -0.311 e. The Hall–Kier alpha value is -1.50. The van der Waals surface area contributed by atoms with Crippen LogP contribution in [0.4, 0.5) is 0 Å². The van der Waals surface area contributed by atoms with Crippen LogP contribution in [0.1, 0.15) is 37.2 Å². The van der Waals surface area contributed by atoms with Crippen LogP contribution in [0.3, 0.4) is 0 Å². The lowest BCUT2D eigenvalue weighted by molar-refractivity contribution is -0.0260. The van der Waals surface area contributed by atoms with Gasteiger partial charge in [-0.15, -0.1) is 0 Å². The van der Waals surface area contributed by atoms with E-state index >= 15 is 0 Å². The van der Waals surface area contributed by atoms with Gasteiger partial charge in [-0.2, -0.15) is 18.0 Å². The first kappa shape index (κ1) is 19.8. The summed E-state index contributed by atoms with van der Waals surface area (Å²) in [6.45, 7) is 2.63. The molecule has 1 aromatic carbocycles. The van der Waals surface area contributed by atoms with Gasteiger partial charge in [0.05, 0.1) is 18.0 Å². The summed E-state index contributed by atoms with van der Waals surface area (Å²) >= 11 is 0. The van der Waals surface area contributed by atoms with E-state index in [1.54, 1.807) is 0 Å². The van der Waals surface area contributed by atoms with Gasteiger partial charge in [-0.25, -0.2) is 4.72 Å². The lowest BCUT2D eigenvalue weighted by Crippen LogP contribution is -2.73. The van der Waals surface area contributed by atoms with Crippen LogP contribution in [0.25, 0.3) is 0 Å². The number of hydrogen-bond donors (Lipinski definition) is 2. The number of likely N-dealkylation sites (tertiary alicyclic amines) is 1. The van der Waals surface area contributed by atoms with E-state index in [0.29, 0.717) is 37.5 Å². The van der Waals surface area contributed by atoms with Crippen molar-refractivity contribution in [3.63, 3.8) is 0 Å². The summed E-state index contributed by atoms with van der Waals surface area (Å²) in [6, 6.07) is 14.0. The molecule has 8 heteroatoms. The van der Waals surface area contributed by atoms with Gasteiger partial charge in [-0.3, -0.25) is 4.90 Å². The largest absolute Gasteiger partial charge is 0.311 e. The van der Waals surface area contributed by atoms with Crippen molar-refractivity contribution in [3.8, 4) is 6.07 Å². The van der Waals surface area contributed by atoms with Crippen molar-refractivity contribution in [2.24, 2.45) is 0 Å². The zero-order chi connectivity index (χ0) is 19.8. The topological polar surface area (TPSA) is 88.5 Å². The fraction of sp³-hybridized carbons (Fsp3) is 0.650. The molecule has 28 heavy (non-hydrogen) atoms. The number of benzene rings is 1. The molecule has 1 aromatic rings. The van der Waals surface area contributed by atoms with Gasteiger partial charge in [0.1, 0.15) is 0 Å². The molecule has 2 aliphatic heterocycles. The smallest absolute Gasteiger partial charge is 0.279 e. The predicted octanol–water partition coefficient (Wildman–Crippen LogP) is 1.03. The monoisotopic (exact) mass is 403 g/mol. The molecule has 7 nitrogen and oxygen atoms in total. The van der Waals surface area contributed by atoms with Crippen molar-refractivity contribution in [3.05, 3.63) is 35.9 Å². The molecular formula is C20H29N5O2S. The van der Waals surface area contributed by atoms with Crippen molar-refractivity contribution < 1.29 is 8.42 Å². The average molecular weight is 404 g/mol. The molecule has 3 fully saturated rings. The van der Waals surface area contributed by atoms with Crippen LogP contribution in [0.2, 0.25) is 0 Å². The van der Waals surface area contributed by atoms with Crippen LogP contribution < -0.4 is 10.0 Å². The molecule has 3 aliphatic rings. The minimum absolute atomic E-state index is 0.324. The highest BCUT2D eigenvalue weighted by molar-refractivity contribution is 7.87. The number of hydrogen-bond acceptors (Lipinski definition) is 5. The summed E-state index contributed by atoms with van der Waals surface area (Å²) in [5.41, 5.74) is 1.10. The fourth-order valence-electron chi connectivity index (χ4n) is 4.75. The second-order valence-electron chi connectivity index (χ2n) is 8.32. The number of rotatable bonds is 7. The zero-order valence-electron chi connectivity index (χ0n) is 16.3. The first-order valence-corrected chi connectivity index (χ1v) is 11.5. The zero-order valence-corrected chi connectivity index (χ0v) is 17.2. The number of nitriles is 1. The van der Waals surface area contributed by atoms with Crippen LogP contribution in [0.15, 0.2) is 30.3 Å². The fourth-order valence-corrected chi connectivity index (χ4v) is 5.83. The van der Waals surface area contributed by atoms with Gasteiger partial charge in [0.15, 0.2) is 0 Å². The minimum atomic E-state index is -3.41. The number of nitrogens with zero attached hydrogens (tertiary/aromatic N) is 3. The van der Waals surface area contributed by atoms with E-state index in [1.807, 2.05) is 0 Å². The molecule has 0 bridgehead atoms. The molecule has 4 rings (SSSR count). The summed E-state index contributed by atoms with van der Waals surface area (Å²) < 4.78 is 27.8. The summed E-state index contributed by atoms with van der Waals surface area (Å²) in [4.78, 5) is 2.34. The molecule has 0 aromatic heterocycles. The van der Waals surface area contributed by atoms with E-state index in [2.05, 4.69) is 51.3 Å². The third-order valence-corrected chi connectivity index (χ3v) is 8.03. The normalized spacial score (nSPS) is 28.4. The van der Waals surface area contributed by atoms with E-state index < -0.39 is 10.2 Å². The first-order valence-electron chi connectivity index (χ1n) is 10.1. The van der Waals surface area contributed by atoms with Gasteiger partial charge in [-0.1, -0.05) is 30.3 Å². The van der Waals surface area contributed by atoms with Gasteiger partial charge in [0.25, 0.3) is 10.2 Å². The Bertz CT molecular complexity index is 824. The summed E-state index contributed by atoms with van der Waals surface area (Å²) in [5, 5.41) is 13.1. The Morgan fingerprint density at radius 2 is 1.89 bits per heavy atom. The van der Waals surface area contributed by atoms with Crippen molar-refractivity contribution in [2.75, 3.05) is 33.2 Å². The highest BCUT2D eigenvalue weighted by Crippen LogP contribution is 2.42. The van der Waals surface area contributed by atoms with Gasteiger partial charge in [-0.05, 0) is 24.8 Å². The second kappa shape index (κ2) is 7.73. The standard InChI is InChI=1S/C20H29N5O2S/c1-22-28(26,27)25-14-20(15-25,9-10-21)24-11-7-17(8-12-24)23-19-13-18(19)16-5-3-2-4-6-16/h2-6,17-19,22-23H,7-9,11-15H2,1H3/t18?,19-/m1/s1. The molecule has 2 N–H and O–H groups in total. The van der Waals surface area contributed by atoms with Gasteiger partial charge < -0.3 is 5.32 Å². The molecule has 1 aliphatic carbocycles. The number of nitrogens with one attached hydrogen (secondary N) is 2. The van der Waals surface area contributed by atoms with Crippen molar-refractivity contribution in [1.29, 1.82) is 5.26 Å². The lowest BCUT2D eigenvalue weighted by atomic mass is 9.84. The van der Waals surface area contributed by atoms with E-state index in [1.165, 1.54) is 23.3 Å². The highest BCUT2D eigenvalue weighted by Gasteiger charge is 2.52. The van der Waals surface area contributed by atoms with Crippen LogP contribution in [0.5, 0.6) is 0 Å². The molecule has 152 valence electrons. The maximum atomic E-state index is 12.0. The molecule has 1 unspecified atom stereocenters. The first-order chi connectivity index (χ1) is 13.5. The maximum Gasteiger partial charge on any atom is 0.279 e. The van der Waals surface area contributed by atoms with Crippen molar-refractivity contribution in [2.45, 2.75) is 49.2 Å². The molecule has 0 radical (unpaired) electrons. The maximum absolute atomic E-state index is 12.0. The second-order valence-corrected chi connectivity index (χ2v) is 10.2. The Labute approximate surface area is 167 Å². The van der Waals surface area contributed by atoms with E-state index in [9.17, 15) is 13.7 Å².